The van der Waals surface area contributed by atoms with Crippen molar-refractivity contribution in [2.45, 2.75) is 6.61 Å². The molecule has 2 aromatic heterocycles. The zero-order valence-corrected chi connectivity index (χ0v) is 16.6. The van der Waals surface area contributed by atoms with E-state index in [0.29, 0.717) is 45.0 Å². The van der Waals surface area contributed by atoms with Gasteiger partial charge in [0.1, 0.15) is 47.7 Å². The highest BCUT2D eigenvalue weighted by Crippen LogP contribution is 2.25. The van der Waals surface area contributed by atoms with Gasteiger partial charge in [0.05, 0.1) is 10.9 Å². The van der Waals surface area contributed by atoms with Gasteiger partial charge in [0.2, 0.25) is 5.89 Å². The molecule has 32 heavy (non-hydrogen) atoms. The van der Waals surface area contributed by atoms with E-state index in [1.165, 1.54) is 36.8 Å². The highest BCUT2D eigenvalue weighted by Gasteiger charge is 2.11. The number of nitrogens with zero attached hydrogens (tertiary/aromatic N) is 1. The zero-order valence-electron chi connectivity index (χ0n) is 16.6. The summed E-state index contributed by atoms with van der Waals surface area (Å²) >= 11 is 0. The molecule has 6 nitrogen and oxygen atoms in total. The molecule has 5 rings (SSSR count). The fourth-order valence-electron chi connectivity index (χ4n) is 3.29. The Hall–Kier alpha value is -4.39. The highest BCUT2D eigenvalue weighted by molar-refractivity contribution is 5.82. The van der Waals surface area contributed by atoms with Crippen LogP contribution in [0.15, 0.2) is 92.9 Å². The van der Waals surface area contributed by atoms with Crippen LogP contribution in [0.1, 0.15) is 5.69 Å². The van der Waals surface area contributed by atoms with Crippen LogP contribution in [0, 0.1) is 5.82 Å². The maximum atomic E-state index is 13.1. The standard InChI is InChI=1S/C25H16FNO5/c26-17-5-1-16(2-6-17)25-27-18(13-32-25)12-30-20-9-10-21-23(11-20)31-14-22(24(21)29)15-3-7-19(28)8-4-15/h1-11,13-14,28H,12H2. The SMILES string of the molecule is O=c1c(-c2ccc(O)cc2)coc2cc(OCc3coc(-c4ccc(F)cc4)n3)ccc12. The average molecular weight is 429 g/mol. The molecule has 0 bridgehead atoms. The Morgan fingerprint density at radius 2 is 1.66 bits per heavy atom. The maximum Gasteiger partial charge on any atom is 0.226 e. The van der Waals surface area contributed by atoms with E-state index in [4.69, 9.17) is 13.6 Å². The van der Waals surface area contributed by atoms with Crippen molar-refractivity contribution in [2.75, 3.05) is 0 Å². The first-order valence-electron chi connectivity index (χ1n) is 9.75. The fourth-order valence-corrected chi connectivity index (χ4v) is 3.29. The minimum Gasteiger partial charge on any atom is -0.508 e. The molecule has 0 amide bonds. The van der Waals surface area contributed by atoms with Crippen LogP contribution in [0.2, 0.25) is 0 Å². The van der Waals surface area contributed by atoms with Gasteiger partial charge < -0.3 is 18.7 Å². The normalized spacial score (nSPS) is 11.0. The molecular formula is C25H16FNO5. The number of benzene rings is 3. The largest absolute Gasteiger partial charge is 0.508 e. The van der Waals surface area contributed by atoms with Crippen LogP contribution >= 0.6 is 0 Å². The molecule has 0 aliphatic heterocycles. The summed E-state index contributed by atoms with van der Waals surface area (Å²) < 4.78 is 29.9. The molecule has 0 spiro atoms. The fraction of sp³-hybridized carbons (Fsp3) is 0.0400. The molecule has 7 heteroatoms. The Labute approximate surface area is 181 Å². The summed E-state index contributed by atoms with van der Waals surface area (Å²) in [6, 6.07) is 17.2. The van der Waals surface area contributed by atoms with Crippen LogP contribution in [-0.2, 0) is 6.61 Å². The third-order valence-electron chi connectivity index (χ3n) is 4.95. The van der Waals surface area contributed by atoms with Gasteiger partial charge in [-0.05, 0) is 54.1 Å². The summed E-state index contributed by atoms with van der Waals surface area (Å²) in [4.78, 5) is 17.2. The van der Waals surface area contributed by atoms with Crippen LogP contribution in [0.3, 0.4) is 0 Å². The van der Waals surface area contributed by atoms with E-state index in [0.717, 1.165) is 0 Å². The summed E-state index contributed by atoms with van der Waals surface area (Å²) in [5, 5.41) is 9.86. The topological polar surface area (TPSA) is 85.7 Å². The first-order valence-corrected chi connectivity index (χ1v) is 9.75. The van der Waals surface area contributed by atoms with E-state index in [2.05, 4.69) is 4.98 Å². The van der Waals surface area contributed by atoms with Gasteiger partial charge in [-0.2, -0.15) is 0 Å². The van der Waals surface area contributed by atoms with Crippen molar-refractivity contribution in [3.05, 3.63) is 101 Å². The second-order valence-electron chi connectivity index (χ2n) is 7.12. The van der Waals surface area contributed by atoms with Gasteiger partial charge in [0, 0.05) is 11.6 Å². The van der Waals surface area contributed by atoms with Crippen LogP contribution in [0.4, 0.5) is 4.39 Å². The Kier molecular flexibility index (Phi) is 4.91. The van der Waals surface area contributed by atoms with Gasteiger partial charge in [0.25, 0.3) is 0 Å². The van der Waals surface area contributed by atoms with Crippen LogP contribution in [0.5, 0.6) is 11.5 Å². The van der Waals surface area contributed by atoms with Crippen molar-refractivity contribution < 1.29 is 23.1 Å². The molecule has 5 aromatic rings. The van der Waals surface area contributed by atoms with Gasteiger partial charge >= 0.3 is 0 Å². The first kappa shape index (κ1) is 19.6. The molecular weight excluding hydrogens is 413 g/mol. The van der Waals surface area contributed by atoms with Crippen molar-refractivity contribution in [1.82, 2.24) is 4.98 Å². The number of oxazole rings is 1. The molecule has 0 radical (unpaired) electrons. The van der Waals surface area contributed by atoms with Crippen LogP contribution in [-0.4, -0.2) is 10.1 Å². The van der Waals surface area contributed by atoms with Crippen molar-refractivity contribution in [2.24, 2.45) is 0 Å². The number of phenols is 1. The molecule has 1 N–H and O–H groups in total. The predicted octanol–water partition coefficient (Wildman–Crippen LogP) is 5.54. The second kappa shape index (κ2) is 8.03. The Balaban J connectivity index is 1.34. The molecule has 0 aliphatic carbocycles. The Bertz CT molecular complexity index is 1450. The van der Waals surface area contributed by atoms with Crippen molar-refractivity contribution in [3.8, 4) is 34.1 Å². The van der Waals surface area contributed by atoms with E-state index < -0.39 is 0 Å². The lowest BCUT2D eigenvalue weighted by molar-refractivity contribution is 0.301. The number of rotatable bonds is 5. The number of halogens is 1. The monoisotopic (exact) mass is 429 g/mol. The van der Waals surface area contributed by atoms with Gasteiger partial charge in [-0.25, -0.2) is 9.37 Å². The third kappa shape index (κ3) is 3.83. The van der Waals surface area contributed by atoms with Crippen molar-refractivity contribution >= 4 is 11.0 Å². The van der Waals surface area contributed by atoms with Crippen molar-refractivity contribution in [3.63, 3.8) is 0 Å². The number of aromatic nitrogens is 1. The average Bonchev–Trinajstić information content (AvgIpc) is 3.28. The summed E-state index contributed by atoms with van der Waals surface area (Å²) in [6.45, 7) is 0.145. The summed E-state index contributed by atoms with van der Waals surface area (Å²) in [7, 11) is 0. The number of hydrogen-bond donors (Lipinski definition) is 1. The molecule has 158 valence electrons. The predicted molar refractivity (Wildman–Crippen MR) is 116 cm³/mol. The number of aromatic hydroxyl groups is 1. The summed E-state index contributed by atoms with van der Waals surface area (Å²) in [5.41, 5.74) is 2.50. The molecule has 0 fully saturated rings. The molecule has 0 atom stereocenters. The molecule has 0 saturated carbocycles. The van der Waals surface area contributed by atoms with E-state index in [1.807, 2.05) is 0 Å². The number of phenolic OH excluding ortho intramolecular Hbond substituents is 1. The van der Waals surface area contributed by atoms with E-state index in [1.54, 1.807) is 42.5 Å². The van der Waals surface area contributed by atoms with E-state index in [9.17, 15) is 14.3 Å². The first-order chi connectivity index (χ1) is 15.6. The Morgan fingerprint density at radius 3 is 2.44 bits per heavy atom. The summed E-state index contributed by atoms with van der Waals surface area (Å²) in [5.74, 6) is 0.666. The molecule has 0 unspecified atom stereocenters. The number of ether oxygens (including phenoxy) is 1. The molecule has 3 aromatic carbocycles. The highest BCUT2D eigenvalue weighted by atomic mass is 19.1. The van der Waals surface area contributed by atoms with Crippen LogP contribution in [0.25, 0.3) is 33.6 Å². The minimum atomic E-state index is -0.331. The van der Waals surface area contributed by atoms with Crippen LogP contribution < -0.4 is 10.2 Å². The van der Waals surface area contributed by atoms with Gasteiger partial charge in [0.15, 0.2) is 5.43 Å². The minimum absolute atomic E-state index is 0.123. The van der Waals surface area contributed by atoms with Gasteiger partial charge in [-0.3, -0.25) is 4.79 Å². The second-order valence-corrected chi connectivity index (χ2v) is 7.12. The number of hydrogen-bond acceptors (Lipinski definition) is 6. The molecule has 2 heterocycles. The van der Waals surface area contributed by atoms with Gasteiger partial charge in [-0.1, -0.05) is 12.1 Å². The zero-order chi connectivity index (χ0) is 22.1. The lowest BCUT2D eigenvalue weighted by Crippen LogP contribution is -2.05. The molecule has 0 aliphatic rings. The number of fused-ring (bicyclic) bond motifs is 1. The third-order valence-corrected chi connectivity index (χ3v) is 4.95. The van der Waals surface area contributed by atoms with E-state index >= 15 is 0 Å². The lowest BCUT2D eigenvalue weighted by atomic mass is 10.1. The smallest absolute Gasteiger partial charge is 0.226 e. The molecule has 0 saturated heterocycles. The lowest BCUT2D eigenvalue weighted by Gasteiger charge is -2.06. The maximum absolute atomic E-state index is 13.1. The quantitative estimate of drug-likeness (QED) is 0.395. The summed E-state index contributed by atoms with van der Waals surface area (Å²) in [6.07, 6.45) is 2.87. The Morgan fingerprint density at radius 1 is 0.906 bits per heavy atom. The van der Waals surface area contributed by atoms with Crippen molar-refractivity contribution in [1.29, 1.82) is 0 Å². The van der Waals surface area contributed by atoms with E-state index in [-0.39, 0.29) is 23.6 Å². The van der Waals surface area contributed by atoms with Gasteiger partial charge in [-0.15, -0.1) is 0 Å².